The van der Waals surface area contributed by atoms with Gasteiger partial charge >= 0.3 is 0 Å². The van der Waals surface area contributed by atoms with Gasteiger partial charge in [-0.15, -0.1) is 12.3 Å². The Kier molecular flexibility index (Phi) is 6.71. The van der Waals surface area contributed by atoms with Crippen LogP contribution in [-0.2, 0) is 25.8 Å². The fourth-order valence-corrected chi connectivity index (χ4v) is 2.07. The fourth-order valence-electron chi connectivity index (χ4n) is 1.03. The van der Waals surface area contributed by atoms with Gasteiger partial charge in [0, 0.05) is 27.7 Å². The van der Waals surface area contributed by atoms with Crippen LogP contribution >= 0.6 is 0 Å². The molecule has 62 valence electrons. The number of rotatable bonds is 2. The third kappa shape index (κ3) is 3.70. The molecule has 0 spiro atoms. The third-order valence-electron chi connectivity index (χ3n) is 1.53. The predicted octanol–water partition coefficient (Wildman–Crippen LogP) is 0.986. The van der Waals surface area contributed by atoms with Crippen LogP contribution in [0.3, 0.4) is 0 Å². The molecule has 10 heavy (non-hydrogen) atoms. The van der Waals surface area contributed by atoms with Gasteiger partial charge in [-0.1, -0.05) is 15.9 Å². The van der Waals surface area contributed by atoms with Crippen molar-refractivity contribution in [2.24, 2.45) is 0 Å². The van der Waals surface area contributed by atoms with E-state index in [4.69, 9.17) is 4.74 Å². The molecule has 1 heterocycles. The average Bonchev–Trinajstić information content (AvgIpc) is 1.91. The Hall–Kier alpha value is 0.605. The van der Waals surface area contributed by atoms with E-state index in [1.54, 1.807) is 0 Å². The third-order valence-corrected chi connectivity index (χ3v) is 2.83. The van der Waals surface area contributed by atoms with Gasteiger partial charge in [-0.3, -0.25) is 0 Å². The molecule has 1 fully saturated rings. The predicted molar refractivity (Wildman–Crippen MR) is 41.8 cm³/mol. The van der Waals surface area contributed by atoms with Crippen LogP contribution in [0.5, 0.6) is 0 Å². The van der Waals surface area contributed by atoms with Crippen LogP contribution in [0.1, 0.15) is 19.3 Å². The number of ether oxygens (including phenoxy) is 1. The summed E-state index contributed by atoms with van der Waals surface area (Å²) >= 11 is 0. The van der Waals surface area contributed by atoms with Crippen molar-refractivity contribution in [3.05, 3.63) is 18.0 Å². The van der Waals surface area contributed by atoms with Crippen LogP contribution in [-0.4, -0.2) is 16.1 Å². The van der Waals surface area contributed by atoms with E-state index in [0.717, 1.165) is 6.61 Å². The first kappa shape index (κ1) is 10.6. The zero-order valence-electron chi connectivity index (χ0n) is 6.04. The van der Waals surface area contributed by atoms with Crippen molar-refractivity contribution in [1.82, 2.24) is 0 Å². The summed E-state index contributed by atoms with van der Waals surface area (Å²) in [5.41, 5.74) is 3.40. The van der Waals surface area contributed by atoms with Crippen molar-refractivity contribution in [1.29, 1.82) is 0 Å². The SMILES string of the molecule is C=C[SiH2][C-]1CCCCO1.[Pt]. The Bertz CT molecular complexity index is 91.6. The molecule has 0 unspecified atom stereocenters. The standard InChI is InChI=1S/C7H13OSi.Pt/c1-2-9-7-5-3-4-6-8-7;/h2H,1,3-6,9H2;/q-1;. The second kappa shape index (κ2) is 6.32. The molecule has 0 bridgehead atoms. The minimum Gasteiger partial charge on any atom is -0.551 e. The van der Waals surface area contributed by atoms with Crippen LogP contribution in [0.2, 0.25) is 0 Å². The Morgan fingerprint density at radius 3 is 2.80 bits per heavy atom. The van der Waals surface area contributed by atoms with E-state index in [0.29, 0.717) is 0 Å². The van der Waals surface area contributed by atoms with Crippen LogP contribution in [0, 0.1) is 5.73 Å². The summed E-state index contributed by atoms with van der Waals surface area (Å²) < 4.78 is 5.43. The second-order valence-corrected chi connectivity index (χ2v) is 4.11. The molecule has 0 N–H and O–H groups in total. The summed E-state index contributed by atoms with van der Waals surface area (Å²) in [6, 6.07) is 0. The maximum Gasteiger partial charge on any atom is 0.0111 e. The van der Waals surface area contributed by atoms with E-state index >= 15 is 0 Å². The van der Waals surface area contributed by atoms with Gasteiger partial charge in [0.25, 0.3) is 0 Å². The van der Waals surface area contributed by atoms with Crippen LogP contribution < -0.4 is 0 Å². The van der Waals surface area contributed by atoms with Gasteiger partial charge in [0.15, 0.2) is 0 Å². The van der Waals surface area contributed by atoms with Gasteiger partial charge in [-0.25, -0.2) is 0 Å². The molecule has 3 heteroatoms. The monoisotopic (exact) mass is 336 g/mol. The van der Waals surface area contributed by atoms with Gasteiger partial charge < -0.3 is 4.74 Å². The Morgan fingerprint density at radius 1 is 1.50 bits per heavy atom. The molecule has 0 atom stereocenters. The van der Waals surface area contributed by atoms with Gasteiger partial charge in [-0.2, -0.15) is 12.1 Å². The molecule has 1 aliphatic heterocycles. The summed E-state index contributed by atoms with van der Waals surface area (Å²) in [5.74, 6) is 0. The molecule has 1 rings (SSSR count). The van der Waals surface area contributed by atoms with Crippen molar-refractivity contribution >= 4 is 9.52 Å². The van der Waals surface area contributed by atoms with Gasteiger partial charge in [0.1, 0.15) is 0 Å². The normalized spacial score (nSPS) is 20.8. The molecular weight excluding hydrogens is 323 g/mol. The topological polar surface area (TPSA) is 9.23 Å². The van der Waals surface area contributed by atoms with Crippen molar-refractivity contribution in [2.75, 3.05) is 6.61 Å². The molecule has 0 aliphatic carbocycles. The summed E-state index contributed by atoms with van der Waals surface area (Å²) in [4.78, 5) is 0. The Morgan fingerprint density at radius 2 is 2.30 bits per heavy atom. The minimum absolute atomic E-state index is 0. The molecule has 1 nitrogen and oxygen atoms in total. The largest absolute Gasteiger partial charge is 0.551 e. The maximum atomic E-state index is 5.43. The molecule has 0 aromatic carbocycles. The molecule has 0 aromatic rings. The van der Waals surface area contributed by atoms with E-state index in [9.17, 15) is 0 Å². The second-order valence-electron chi connectivity index (χ2n) is 2.34. The summed E-state index contributed by atoms with van der Waals surface area (Å²) in [6.45, 7) is 4.67. The molecular formula is C7H13OPtSi-. The molecule has 0 amide bonds. The minimum atomic E-state index is -0.166. The van der Waals surface area contributed by atoms with E-state index < -0.39 is 0 Å². The number of hydrogen-bond acceptors (Lipinski definition) is 1. The van der Waals surface area contributed by atoms with Gasteiger partial charge in [-0.05, 0) is 6.42 Å². The number of hydrogen-bond donors (Lipinski definition) is 0. The summed E-state index contributed by atoms with van der Waals surface area (Å²) in [5, 5.41) is 0. The van der Waals surface area contributed by atoms with Crippen LogP contribution in [0.15, 0.2) is 12.3 Å². The van der Waals surface area contributed by atoms with E-state index in [1.165, 1.54) is 25.0 Å². The van der Waals surface area contributed by atoms with Gasteiger partial charge in [0.05, 0.1) is 0 Å². The van der Waals surface area contributed by atoms with Crippen molar-refractivity contribution in [3.8, 4) is 0 Å². The van der Waals surface area contributed by atoms with Crippen molar-refractivity contribution in [3.63, 3.8) is 0 Å². The molecule has 1 aliphatic rings. The van der Waals surface area contributed by atoms with Gasteiger partial charge in [0.2, 0.25) is 0 Å². The molecule has 0 radical (unpaired) electrons. The smallest absolute Gasteiger partial charge is 0.0111 e. The Labute approximate surface area is 79.3 Å². The molecule has 0 saturated carbocycles. The first-order valence-electron chi connectivity index (χ1n) is 3.52. The Balaban J connectivity index is 0.000000810. The first-order chi connectivity index (χ1) is 4.43. The van der Waals surface area contributed by atoms with Crippen LogP contribution in [0.25, 0.3) is 0 Å². The zero-order chi connectivity index (χ0) is 6.53. The fraction of sp³-hybridized carbons (Fsp3) is 0.571. The summed E-state index contributed by atoms with van der Waals surface area (Å²) in [7, 11) is -0.166. The van der Waals surface area contributed by atoms with E-state index in [-0.39, 0.29) is 30.6 Å². The van der Waals surface area contributed by atoms with Crippen molar-refractivity contribution in [2.45, 2.75) is 19.3 Å². The zero-order valence-corrected chi connectivity index (χ0v) is 9.73. The summed E-state index contributed by atoms with van der Waals surface area (Å²) in [6.07, 6.45) is 3.78. The van der Waals surface area contributed by atoms with Crippen LogP contribution in [0.4, 0.5) is 0 Å². The average molecular weight is 336 g/mol. The van der Waals surface area contributed by atoms with E-state index in [2.05, 4.69) is 6.58 Å². The van der Waals surface area contributed by atoms with E-state index in [1.807, 2.05) is 5.70 Å². The maximum absolute atomic E-state index is 5.43. The first-order valence-corrected chi connectivity index (χ1v) is 5.04. The molecule has 0 aromatic heterocycles. The quantitative estimate of drug-likeness (QED) is 0.540. The molecule has 1 saturated heterocycles. The van der Waals surface area contributed by atoms with Crippen molar-refractivity contribution < 1.29 is 25.8 Å².